The largest absolute Gasteiger partial charge is 0.481 e. The van der Waals surface area contributed by atoms with Crippen molar-refractivity contribution in [2.24, 2.45) is 24.8 Å². The van der Waals surface area contributed by atoms with Crippen molar-refractivity contribution >= 4 is 5.97 Å². The number of aryl methyl sites for hydroxylation is 1. The molecule has 0 saturated heterocycles. The van der Waals surface area contributed by atoms with Crippen molar-refractivity contribution in [1.29, 1.82) is 0 Å². The lowest BCUT2D eigenvalue weighted by Gasteiger charge is -2.32. The molecule has 0 aliphatic heterocycles. The van der Waals surface area contributed by atoms with E-state index in [-0.39, 0.29) is 11.8 Å². The van der Waals surface area contributed by atoms with Gasteiger partial charge in [0.05, 0.1) is 12.1 Å². The van der Waals surface area contributed by atoms with E-state index in [1.165, 1.54) is 0 Å². The van der Waals surface area contributed by atoms with E-state index in [2.05, 4.69) is 12.0 Å². The van der Waals surface area contributed by atoms with E-state index in [0.29, 0.717) is 5.92 Å². The third-order valence-corrected chi connectivity index (χ3v) is 3.82. The molecule has 3 atom stereocenters. The van der Waals surface area contributed by atoms with E-state index in [4.69, 9.17) is 0 Å². The van der Waals surface area contributed by atoms with Crippen molar-refractivity contribution in [2.75, 3.05) is 0 Å². The second kappa shape index (κ2) is 4.90. The van der Waals surface area contributed by atoms with Gasteiger partial charge in [-0.15, -0.1) is 0 Å². The lowest BCUT2D eigenvalue weighted by molar-refractivity contribution is -0.145. The summed E-state index contributed by atoms with van der Waals surface area (Å²) in [5.41, 5.74) is 1.15. The minimum Gasteiger partial charge on any atom is -0.481 e. The van der Waals surface area contributed by atoms with Gasteiger partial charge in [-0.1, -0.05) is 6.92 Å². The topological polar surface area (TPSA) is 55.1 Å². The molecule has 0 bridgehead atoms. The predicted octanol–water partition coefficient (Wildman–Crippen LogP) is 2.10. The van der Waals surface area contributed by atoms with Crippen molar-refractivity contribution in [2.45, 2.75) is 32.6 Å². The Morgan fingerprint density at radius 3 is 2.94 bits per heavy atom. The molecule has 0 amide bonds. The molecule has 0 spiro atoms. The lowest BCUT2D eigenvalue weighted by atomic mass is 9.72. The highest BCUT2D eigenvalue weighted by Crippen LogP contribution is 2.35. The monoisotopic (exact) mass is 236 g/mol. The first-order valence-corrected chi connectivity index (χ1v) is 6.26. The van der Waals surface area contributed by atoms with Gasteiger partial charge in [0.2, 0.25) is 0 Å². The van der Waals surface area contributed by atoms with Gasteiger partial charge in [-0.2, -0.15) is 5.10 Å². The first kappa shape index (κ1) is 12.1. The van der Waals surface area contributed by atoms with Gasteiger partial charge in [0.1, 0.15) is 0 Å². The van der Waals surface area contributed by atoms with Crippen LogP contribution < -0.4 is 0 Å². The molecule has 1 aromatic heterocycles. The predicted molar refractivity (Wildman–Crippen MR) is 64.5 cm³/mol. The number of hydrogen-bond acceptors (Lipinski definition) is 2. The Balaban J connectivity index is 2.07. The first-order valence-electron chi connectivity index (χ1n) is 6.26. The SMILES string of the molecule is CC1CCC(C(=O)O)C(Cc2cnn(C)c2)C1. The van der Waals surface area contributed by atoms with Crippen LogP contribution in [0.5, 0.6) is 0 Å². The second-order valence-corrected chi connectivity index (χ2v) is 5.35. The summed E-state index contributed by atoms with van der Waals surface area (Å²) < 4.78 is 1.78. The summed E-state index contributed by atoms with van der Waals surface area (Å²) in [7, 11) is 1.89. The van der Waals surface area contributed by atoms with Gasteiger partial charge in [0.15, 0.2) is 0 Å². The number of nitrogens with zero attached hydrogens (tertiary/aromatic N) is 2. The Morgan fingerprint density at radius 1 is 1.59 bits per heavy atom. The zero-order chi connectivity index (χ0) is 12.4. The highest BCUT2D eigenvalue weighted by Gasteiger charge is 2.33. The van der Waals surface area contributed by atoms with Crippen molar-refractivity contribution in [3.05, 3.63) is 18.0 Å². The Morgan fingerprint density at radius 2 is 2.35 bits per heavy atom. The molecule has 1 aliphatic rings. The average Bonchev–Trinajstić information content (AvgIpc) is 2.63. The van der Waals surface area contributed by atoms with E-state index >= 15 is 0 Å². The second-order valence-electron chi connectivity index (χ2n) is 5.35. The van der Waals surface area contributed by atoms with Crippen LogP contribution in [0, 0.1) is 17.8 Å². The van der Waals surface area contributed by atoms with Crippen LogP contribution in [0.1, 0.15) is 31.7 Å². The zero-order valence-electron chi connectivity index (χ0n) is 10.5. The van der Waals surface area contributed by atoms with Crippen molar-refractivity contribution in [3.63, 3.8) is 0 Å². The Bertz CT molecular complexity index is 400. The van der Waals surface area contributed by atoms with Crippen LogP contribution in [0.2, 0.25) is 0 Å². The molecule has 1 fully saturated rings. The molecular weight excluding hydrogens is 216 g/mol. The fraction of sp³-hybridized carbons (Fsp3) is 0.692. The third-order valence-electron chi connectivity index (χ3n) is 3.82. The van der Waals surface area contributed by atoms with E-state index in [1.54, 1.807) is 4.68 Å². The number of carboxylic acid groups (broad SMARTS) is 1. The molecule has 1 heterocycles. The molecule has 1 N–H and O–H groups in total. The smallest absolute Gasteiger partial charge is 0.306 e. The van der Waals surface area contributed by atoms with Gasteiger partial charge >= 0.3 is 5.97 Å². The van der Waals surface area contributed by atoms with Crippen LogP contribution >= 0.6 is 0 Å². The molecule has 2 rings (SSSR count). The maximum Gasteiger partial charge on any atom is 0.306 e. The van der Waals surface area contributed by atoms with Crippen LogP contribution in [-0.4, -0.2) is 20.9 Å². The van der Waals surface area contributed by atoms with E-state index in [1.807, 2.05) is 19.4 Å². The Hall–Kier alpha value is -1.32. The van der Waals surface area contributed by atoms with Gasteiger partial charge in [0, 0.05) is 13.2 Å². The molecule has 1 aromatic rings. The van der Waals surface area contributed by atoms with Crippen LogP contribution in [-0.2, 0) is 18.3 Å². The van der Waals surface area contributed by atoms with Crippen LogP contribution in [0.15, 0.2) is 12.4 Å². The molecule has 0 radical (unpaired) electrons. The van der Waals surface area contributed by atoms with Crippen LogP contribution in [0.3, 0.4) is 0 Å². The number of aromatic nitrogens is 2. The summed E-state index contributed by atoms with van der Waals surface area (Å²) in [4.78, 5) is 11.2. The van der Waals surface area contributed by atoms with E-state index in [9.17, 15) is 9.90 Å². The maximum atomic E-state index is 11.2. The highest BCUT2D eigenvalue weighted by atomic mass is 16.4. The molecular formula is C13H20N2O2. The van der Waals surface area contributed by atoms with Crippen LogP contribution in [0.25, 0.3) is 0 Å². The number of carboxylic acids is 1. The van der Waals surface area contributed by atoms with Gasteiger partial charge in [-0.05, 0) is 43.1 Å². The standard InChI is InChI=1S/C13H20N2O2/c1-9-3-4-12(13(16)17)11(5-9)6-10-7-14-15(2)8-10/h7-9,11-12H,3-6H2,1-2H3,(H,16,17). The Kier molecular flexibility index (Phi) is 3.50. The fourth-order valence-corrected chi connectivity index (χ4v) is 2.93. The molecule has 4 nitrogen and oxygen atoms in total. The molecule has 0 aromatic carbocycles. The molecule has 17 heavy (non-hydrogen) atoms. The average molecular weight is 236 g/mol. The number of aliphatic carboxylic acids is 1. The van der Waals surface area contributed by atoms with Gasteiger partial charge in [-0.3, -0.25) is 9.48 Å². The first-order chi connectivity index (χ1) is 8.06. The molecule has 1 saturated carbocycles. The fourth-order valence-electron chi connectivity index (χ4n) is 2.93. The van der Waals surface area contributed by atoms with Crippen molar-refractivity contribution < 1.29 is 9.90 Å². The molecule has 3 unspecified atom stereocenters. The van der Waals surface area contributed by atoms with Crippen molar-refractivity contribution in [3.8, 4) is 0 Å². The maximum absolute atomic E-state index is 11.2. The minimum absolute atomic E-state index is 0.175. The minimum atomic E-state index is -0.634. The molecule has 94 valence electrons. The third kappa shape index (κ3) is 2.87. The highest BCUT2D eigenvalue weighted by molar-refractivity contribution is 5.70. The molecule has 4 heteroatoms. The summed E-state index contributed by atoms with van der Waals surface area (Å²) in [6.07, 6.45) is 7.55. The zero-order valence-corrected chi connectivity index (χ0v) is 10.5. The van der Waals surface area contributed by atoms with Gasteiger partial charge < -0.3 is 5.11 Å². The Labute approximate surface area is 102 Å². The normalized spacial score (nSPS) is 29.2. The van der Waals surface area contributed by atoms with Gasteiger partial charge in [-0.25, -0.2) is 0 Å². The van der Waals surface area contributed by atoms with E-state index < -0.39 is 5.97 Å². The van der Waals surface area contributed by atoms with Gasteiger partial charge in [0.25, 0.3) is 0 Å². The summed E-state index contributed by atoms with van der Waals surface area (Å²) in [5, 5.41) is 13.4. The summed E-state index contributed by atoms with van der Waals surface area (Å²) in [6.45, 7) is 2.22. The lowest BCUT2D eigenvalue weighted by Crippen LogP contribution is -2.31. The van der Waals surface area contributed by atoms with E-state index in [0.717, 1.165) is 31.2 Å². The molecule has 1 aliphatic carbocycles. The summed E-state index contributed by atoms with van der Waals surface area (Å²) >= 11 is 0. The summed E-state index contributed by atoms with van der Waals surface area (Å²) in [5.74, 6) is 0.102. The number of carbonyl (C=O) groups is 1. The summed E-state index contributed by atoms with van der Waals surface area (Å²) in [6, 6.07) is 0. The number of rotatable bonds is 3. The van der Waals surface area contributed by atoms with Crippen LogP contribution in [0.4, 0.5) is 0 Å². The number of hydrogen-bond donors (Lipinski definition) is 1. The van der Waals surface area contributed by atoms with Crippen molar-refractivity contribution in [1.82, 2.24) is 9.78 Å². The quantitative estimate of drug-likeness (QED) is 0.874.